The van der Waals surface area contributed by atoms with Gasteiger partial charge in [-0.1, -0.05) is 36.4 Å². The summed E-state index contributed by atoms with van der Waals surface area (Å²) in [6, 6.07) is 18.5. The lowest BCUT2D eigenvalue weighted by Gasteiger charge is -2.11. The van der Waals surface area contributed by atoms with Crippen molar-refractivity contribution < 1.29 is 0 Å². The molecule has 1 heterocycles. The van der Waals surface area contributed by atoms with Crippen LogP contribution in [0.1, 0.15) is 24.1 Å². The zero-order valence-corrected chi connectivity index (χ0v) is 12.3. The number of nitrogens with one attached hydrogen (secondary N) is 2. The van der Waals surface area contributed by atoms with Crippen molar-refractivity contribution >= 4 is 22.3 Å². The summed E-state index contributed by atoms with van der Waals surface area (Å²) in [5, 5.41) is 17.7. The Morgan fingerprint density at radius 3 is 2.36 bits per heavy atom. The van der Waals surface area contributed by atoms with Gasteiger partial charge in [0, 0.05) is 40.2 Å². The molecule has 0 radical (unpaired) electrons. The minimum atomic E-state index is 0.626. The van der Waals surface area contributed by atoms with E-state index < -0.39 is 0 Å². The van der Waals surface area contributed by atoms with Gasteiger partial charge in [0.1, 0.15) is 0 Å². The third-order valence-corrected chi connectivity index (χ3v) is 4.35. The highest BCUT2D eigenvalue weighted by Crippen LogP contribution is 2.33. The smallest absolute Gasteiger partial charge is 0.0538 e. The molecule has 0 atom stereocenters. The molecule has 2 N–H and O–H groups in total. The van der Waals surface area contributed by atoms with Gasteiger partial charge in [-0.05, 0) is 31.0 Å². The fraction of sp³-hybridized carbons (Fsp3) is 0.158. The SMILES string of the molecule is N=C1CCC(=N)c2c(n(-c3ccccc3)c3ccccc23)C1. The van der Waals surface area contributed by atoms with Gasteiger partial charge in [-0.3, -0.25) is 0 Å². The quantitative estimate of drug-likeness (QED) is 0.625. The third-order valence-electron chi connectivity index (χ3n) is 4.35. The molecule has 3 heteroatoms. The predicted octanol–water partition coefficient (Wildman–Crippen LogP) is 4.35. The first kappa shape index (κ1) is 13.0. The van der Waals surface area contributed by atoms with E-state index in [1.165, 1.54) is 0 Å². The molecule has 22 heavy (non-hydrogen) atoms. The summed E-state index contributed by atoms with van der Waals surface area (Å²) in [5.74, 6) is 0. The van der Waals surface area contributed by atoms with Gasteiger partial charge < -0.3 is 15.4 Å². The summed E-state index contributed by atoms with van der Waals surface area (Å²) < 4.78 is 2.22. The van der Waals surface area contributed by atoms with E-state index in [9.17, 15) is 0 Å². The van der Waals surface area contributed by atoms with Crippen LogP contribution in [0.15, 0.2) is 54.6 Å². The molecule has 2 aromatic carbocycles. The number of aromatic nitrogens is 1. The van der Waals surface area contributed by atoms with Gasteiger partial charge in [-0.15, -0.1) is 0 Å². The van der Waals surface area contributed by atoms with E-state index in [2.05, 4.69) is 28.8 Å². The van der Waals surface area contributed by atoms with E-state index in [1.54, 1.807) is 0 Å². The molecule has 0 amide bonds. The van der Waals surface area contributed by atoms with Crippen LogP contribution < -0.4 is 0 Å². The van der Waals surface area contributed by atoms with Crippen molar-refractivity contribution in [3.05, 3.63) is 65.9 Å². The van der Waals surface area contributed by atoms with Crippen molar-refractivity contribution in [3.63, 3.8) is 0 Å². The minimum absolute atomic E-state index is 0.626. The summed E-state index contributed by atoms with van der Waals surface area (Å²) in [6.45, 7) is 0. The van der Waals surface area contributed by atoms with Crippen LogP contribution in [0.3, 0.4) is 0 Å². The molecular formula is C19H17N3. The molecule has 1 aromatic heterocycles. The number of fused-ring (bicyclic) bond motifs is 3. The molecule has 1 aliphatic rings. The predicted molar refractivity (Wildman–Crippen MR) is 90.8 cm³/mol. The van der Waals surface area contributed by atoms with Crippen LogP contribution in [0.2, 0.25) is 0 Å². The number of hydrogen-bond acceptors (Lipinski definition) is 2. The summed E-state index contributed by atoms with van der Waals surface area (Å²) >= 11 is 0. The third kappa shape index (κ3) is 1.90. The number of nitrogens with zero attached hydrogens (tertiary/aromatic N) is 1. The molecule has 0 bridgehead atoms. The lowest BCUT2D eigenvalue weighted by atomic mass is 10.0. The first-order valence-electron chi connectivity index (χ1n) is 7.57. The molecule has 4 rings (SSSR count). The Balaban J connectivity index is 2.12. The number of hydrogen-bond donors (Lipinski definition) is 2. The Labute approximate surface area is 129 Å². The highest BCUT2D eigenvalue weighted by molar-refractivity contribution is 6.14. The van der Waals surface area contributed by atoms with Crippen molar-refractivity contribution in [1.29, 1.82) is 10.8 Å². The second-order valence-corrected chi connectivity index (χ2v) is 5.77. The number of rotatable bonds is 1. The Morgan fingerprint density at radius 1 is 0.818 bits per heavy atom. The van der Waals surface area contributed by atoms with Crippen LogP contribution in [0, 0.1) is 10.8 Å². The second-order valence-electron chi connectivity index (χ2n) is 5.77. The molecule has 1 aliphatic carbocycles. The molecule has 108 valence electrons. The van der Waals surface area contributed by atoms with Crippen molar-refractivity contribution in [2.75, 3.05) is 0 Å². The van der Waals surface area contributed by atoms with Crippen LogP contribution in [-0.4, -0.2) is 16.0 Å². The Bertz CT molecular complexity index is 888. The first-order valence-corrected chi connectivity index (χ1v) is 7.57. The highest BCUT2D eigenvalue weighted by atomic mass is 15.0. The summed E-state index contributed by atoms with van der Waals surface area (Å²) in [7, 11) is 0. The van der Waals surface area contributed by atoms with Gasteiger partial charge in [-0.25, -0.2) is 0 Å². The van der Waals surface area contributed by atoms with Crippen LogP contribution in [0.4, 0.5) is 0 Å². The van der Waals surface area contributed by atoms with E-state index >= 15 is 0 Å². The van der Waals surface area contributed by atoms with E-state index in [0.717, 1.165) is 27.8 Å². The molecule has 0 saturated heterocycles. The van der Waals surface area contributed by atoms with Crippen molar-refractivity contribution in [3.8, 4) is 5.69 Å². The topological polar surface area (TPSA) is 52.6 Å². The van der Waals surface area contributed by atoms with Crippen LogP contribution in [0.25, 0.3) is 16.6 Å². The second kappa shape index (κ2) is 4.95. The maximum Gasteiger partial charge on any atom is 0.0538 e. The fourth-order valence-electron chi connectivity index (χ4n) is 3.36. The minimum Gasteiger partial charge on any atom is -0.313 e. The monoisotopic (exact) mass is 287 g/mol. The van der Waals surface area contributed by atoms with Gasteiger partial charge in [0.25, 0.3) is 0 Å². The lowest BCUT2D eigenvalue weighted by molar-refractivity contribution is 1.00. The molecule has 0 aliphatic heterocycles. The number of benzene rings is 2. The molecule has 3 aromatic rings. The normalized spacial score (nSPS) is 14.9. The summed E-state index contributed by atoms with van der Waals surface area (Å²) in [6.07, 6.45) is 1.98. The number of para-hydroxylation sites is 2. The van der Waals surface area contributed by atoms with Crippen LogP contribution in [0.5, 0.6) is 0 Å². The van der Waals surface area contributed by atoms with Gasteiger partial charge in [0.15, 0.2) is 0 Å². The molecule has 0 unspecified atom stereocenters. The largest absolute Gasteiger partial charge is 0.313 e. The van der Waals surface area contributed by atoms with E-state index in [-0.39, 0.29) is 0 Å². The summed E-state index contributed by atoms with van der Waals surface area (Å²) in [4.78, 5) is 0. The molecular weight excluding hydrogens is 270 g/mol. The van der Waals surface area contributed by atoms with E-state index in [0.29, 0.717) is 30.7 Å². The first-order chi connectivity index (χ1) is 10.8. The zero-order valence-electron chi connectivity index (χ0n) is 12.3. The molecule has 3 nitrogen and oxygen atoms in total. The van der Waals surface area contributed by atoms with E-state index in [1.807, 2.05) is 30.3 Å². The fourth-order valence-corrected chi connectivity index (χ4v) is 3.36. The van der Waals surface area contributed by atoms with Crippen LogP contribution >= 0.6 is 0 Å². The van der Waals surface area contributed by atoms with Gasteiger partial charge in [-0.2, -0.15) is 0 Å². The van der Waals surface area contributed by atoms with Gasteiger partial charge in [0.05, 0.1) is 5.52 Å². The highest BCUT2D eigenvalue weighted by Gasteiger charge is 2.24. The average Bonchev–Trinajstić information content (AvgIpc) is 2.79. The molecule has 0 spiro atoms. The lowest BCUT2D eigenvalue weighted by Crippen LogP contribution is -2.06. The standard InChI is InChI=1S/C19H17N3/c20-13-10-11-16(21)19-15-8-4-5-9-17(15)22(18(19)12-13)14-6-2-1-3-7-14/h1-9,20-21H,10-12H2. The van der Waals surface area contributed by atoms with Crippen molar-refractivity contribution in [2.45, 2.75) is 19.3 Å². The van der Waals surface area contributed by atoms with Crippen molar-refractivity contribution in [2.24, 2.45) is 0 Å². The Kier molecular flexibility index (Phi) is 2.93. The average molecular weight is 287 g/mol. The summed E-state index contributed by atoms with van der Waals surface area (Å²) in [5.41, 5.74) is 5.70. The van der Waals surface area contributed by atoms with Crippen LogP contribution in [-0.2, 0) is 6.42 Å². The zero-order chi connectivity index (χ0) is 15.1. The van der Waals surface area contributed by atoms with Gasteiger partial charge >= 0.3 is 0 Å². The Hall–Kier alpha value is -2.68. The maximum atomic E-state index is 8.45. The van der Waals surface area contributed by atoms with Gasteiger partial charge in [0.2, 0.25) is 0 Å². The van der Waals surface area contributed by atoms with Crippen molar-refractivity contribution in [1.82, 2.24) is 4.57 Å². The maximum absolute atomic E-state index is 8.45. The molecule has 0 fully saturated rings. The molecule has 0 saturated carbocycles. The van der Waals surface area contributed by atoms with E-state index in [4.69, 9.17) is 10.8 Å². The Morgan fingerprint density at radius 2 is 1.55 bits per heavy atom.